The molecule has 0 saturated carbocycles. The van der Waals surface area contributed by atoms with Crippen LogP contribution in [0.25, 0.3) is 6.08 Å². The molecule has 0 fully saturated rings. The molecule has 74 valence electrons. The van der Waals surface area contributed by atoms with Gasteiger partial charge in [-0.1, -0.05) is 27.5 Å². The minimum absolute atomic E-state index is 0.615. The fourth-order valence-corrected chi connectivity index (χ4v) is 1.83. The molecule has 0 atom stereocenters. The van der Waals surface area contributed by atoms with Gasteiger partial charge in [0.1, 0.15) is 0 Å². The first kappa shape index (κ1) is 11.3. The van der Waals surface area contributed by atoms with Gasteiger partial charge in [-0.25, -0.2) is 4.79 Å². The molecule has 2 nitrogen and oxygen atoms in total. The number of halogens is 2. The standard InChI is InChI=1S/C10H8BrClO2/c1-6-7(2-3-10(13)14)4-8(11)5-9(6)12/h2-5H,1H3,(H,13,14)/b3-2+. The molecule has 0 radical (unpaired) electrons. The van der Waals surface area contributed by atoms with Crippen molar-refractivity contribution in [2.24, 2.45) is 0 Å². The highest BCUT2D eigenvalue weighted by Crippen LogP contribution is 2.25. The number of rotatable bonds is 2. The third-order valence-corrected chi connectivity index (χ3v) is 2.61. The molecule has 0 bridgehead atoms. The molecule has 0 aliphatic heterocycles. The molecule has 0 saturated heterocycles. The van der Waals surface area contributed by atoms with Crippen LogP contribution < -0.4 is 0 Å². The first-order chi connectivity index (χ1) is 6.50. The summed E-state index contributed by atoms with van der Waals surface area (Å²) in [5.74, 6) is -0.972. The van der Waals surface area contributed by atoms with E-state index in [0.29, 0.717) is 5.02 Å². The Bertz CT molecular complexity index is 399. The fraction of sp³-hybridized carbons (Fsp3) is 0.100. The zero-order valence-electron chi connectivity index (χ0n) is 7.42. The van der Waals surface area contributed by atoms with Crippen molar-refractivity contribution < 1.29 is 9.90 Å². The maximum atomic E-state index is 10.3. The summed E-state index contributed by atoms with van der Waals surface area (Å²) in [5, 5.41) is 9.09. The van der Waals surface area contributed by atoms with Gasteiger partial charge in [0.15, 0.2) is 0 Å². The number of carboxylic acids is 1. The van der Waals surface area contributed by atoms with Crippen LogP contribution in [0.1, 0.15) is 11.1 Å². The summed E-state index contributed by atoms with van der Waals surface area (Å²) >= 11 is 9.21. The quantitative estimate of drug-likeness (QED) is 0.839. The SMILES string of the molecule is Cc1c(Cl)cc(Br)cc1/C=C/C(=O)O. The van der Waals surface area contributed by atoms with Crippen LogP contribution in [-0.2, 0) is 4.79 Å². The maximum Gasteiger partial charge on any atom is 0.328 e. The Labute approximate surface area is 95.3 Å². The Morgan fingerprint density at radius 1 is 1.57 bits per heavy atom. The first-order valence-corrected chi connectivity index (χ1v) is 5.04. The monoisotopic (exact) mass is 274 g/mol. The Balaban J connectivity index is 3.14. The van der Waals surface area contributed by atoms with Gasteiger partial charge in [0.2, 0.25) is 0 Å². The third-order valence-electron chi connectivity index (χ3n) is 1.75. The molecule has 0 heterocycles. The summed E-state index contributed by atoms with van der Waals surface area (Å²) in [6, 6.07) is 3.59. The van der Waals surface area contributed by atoms with E-state index in [4.69, 9.17) is 16.7 Å². The number of benzene rings is 1. The van der Waals surface area contributed by atoms with E-state index in [9.17, 15) is 4.79 Å². The second-order valence-electron chi connectivity index (χ2n) is 2.77. The van der Waals surface area contributed by atoms with Crippen molar-refractivity contribution in [2.45, 2.75) is 6.92 Å². The Hall–Kier alpha value is -0.800. The highest BCUT2D eigenvalue weighted by atomic mass is 79.9. The lowest BCUT2D eigenvalue weighted by atomic mass is 10.1. The third kappa shape index (κ3) is 2.86. The molecule has 1 aromatic rings. The van der Waals surface area contributed by atoms with Gasteiger partial charge >= 0.3 is 5.97 Å². The van der Waals surface area contributed by atoms with Gasteiger partial charge in [0, 0.05) is 15.6 Å². The smallest absolute Gasteiger partial charge is 0.328 e. The van der Waals surface area contributed by atoms with Crippen LogP contribution in [0.3, 0.4) is 0 Å². The van der Waals surface area contributed by atoms with Gasteiger partial charge in [-0.2, -0.15) is 0 Å². The Morgan fingerprint density at radius 2 is 2.21 bits per heavy atom. The fourth-order valence-electron chi connectivity index (χ4n) is 1.000. The van der Waals surface area contributed by atoms with Gasteiger partial charge in [0.25, 0.3) is 0 Å². The molecule has 0 spiro atoms. The van der Waals surface area contributed by atoms with E-state index in [-0.39, 0.29) is 0 Å². The van der Waals surface area contributed by atoms with Crippen molar-refractivity contribution in [1.29, 1.82) is 0 Å². The summed E-state index contributed by atoms with van der Waals surface area (Å²) in [6.07, 6.45) is 2.61. The van der Waals surface area contributed by atoms with Crippen LogP contribution in [-0.4, -0.2) is 11.1 Å². The average Bonchev–Trinajstić information content (AvgIpc) is 2.08. The van der Waals surface area contributed by atoms with E-state index in [1.165, 1.54) is 6.08 Å². The van der Waals surface area contributed by atoms with E-state index in [2.05, 4.69) is 15.9 Å². The number of hydrogen-bond acceptors (Lipinski definition) is 1. The predicted octanol–water partition coefficient (Wildman–Crippen LogP) is 3.51. The molecule has 0 aliphatic rings. The molecular formula is C10H8BrClO2. The molecule has 0 aromatic heterocycles. The molecule has 4 heteroatoms. The van der Waals surface area contributed by atoms with Gasteiger partial charge in [0.05, 0.1) is 0 Å². The lowest BCUT2D eigenvalue weighted by Crippen LogP contribution is -1.88. The topological polar surface area (TPSA) is 37.3 Å². The first-order valence-electron chi connectivity index (χ1n) is 3.87. The summed E-state index contributed by atoms with van der Waals surface area (Å²) < 4.78 is 0.832. The number of hydrogen-bond donors (Lipinski definition) is 1. The van der Waals surface area contributed by atoms with Crippen LogP contribution in [0.2, 0.25) is 5.02 Å². The largest absolute Gasteiger partial charge is 0.478 e. The minimum Gasteiger partial charge on any atom is -0.478 e. The summed E-state index contributed by atoms with van der Waals surface area (Å²) in [6.45, 7) is 1.84. The van der Waals surface area contributed by atoms with Crippen molar-refractivity contribution in [1.82, 2.24) is 0 Å². The second-order valence-corrected chi connectivity index (χ2v) is 4.10. The summed E-state index contributed by atoms with van der Waals surface area (Å²) in [5.41, 5.74) is 1.67. The Kier molecular flexibility index (Phi) is 3.72. The van der Waals surface area contributed by atoms with E-state index in [0.717, 1.165) is 21.7 Å². The molecule has 1 rings (SSSR count). The van der Waals surface area contributed by atoms with E-state index < -0.39 is 5.97 Å². The normalized spacial score (nSPS) is 10.8. The van der Waals surface area contributed by atoms with Crippen LogP contribution in [0.4, 0.5) is 0 Å². The van der Waals surface area contributed by atoms with Crippen molar-refractivity contribution >= 4 is 39.6 Å². The van der Waals surface area contributed by atoms with Crippen molar-refractivity contribution in [3.63, 3.8) is 0 Å². The predicted molar refractivity (Wildman–Crippen MR) is 60.6 cm³/mol. The van der Waals surface area contributed by atoms with Gasteiger partial charge < -0.3 is 5.11 Å². The van der Waals surface area contributed by atoms with Crippen molar-refractivity contribution in [3.8, 4) is 0 Å². The minimum atomic E-state index is -0.972. The zero-order valence-corrected chi connectivity index (χ0v) is 9.76. The average molecular weight is 276 g/mol. The molecule has 14 heavy (non-hydrogen) atoms. The molecule has 0 amide bonds. The van der Waals surface area contributed by atoms with Crippen LogP contribution in [0, 0.1) is 6.92 Å². The highest BCUT2D eigenvalue weighted by Gasteiger charge is 2.02. The molecule has 0 unspecified atom stereocenters. The number of carbonyl (C=O) groups is 1. The highest BCUT2D eigenvalue weighted by molar-refractivity contribution is 9.10. The molecule has 1 N–H and O–H groups in total. The van der Waals surface area contributed by atoms with Crippen molar-refractivity contribution in [3.05, 3.63) is 38.8 Å². The molecular weight excluding hydrogens is 267 g/mol. The van der Waals surface area contributed by atoms with Gasteiger partial charge in [-0.05, 0) is 36.3 Å². The van der Waals surface area contributed by atoms with E-state index in [1.54, 1.807) is 6.07 Å². The van der Waals surface area contributed by atoms with E-state index in [1.807, 2.05) is 13.0 Å². The second kappa shape index (κ2) is 4.62. The van der Waals surface area contributed by atoms with Crippen LogP contribution >= 0.6 is 27.5 Å². The van der Waals surface area contributed by atoms with Crippen LogP contribution in [0.15, 0.2) is 22.7 Å². The van der Waals surface area contributed by atoms with Gasteiger partial charge in [-0.15, -0.1) is 0 Å². The van der Waals surface area contributed by atoms with Gasteiger partial charge in [-0.3, -0.25) is 0 Å². The number of aliphatic carboxylic acids is 1. The number of carboxylic acid groups (broad SMARTS) is 1. The lowest BCUT2D eigenvalue weighted by Gasteiger charge is -2.03. The molecule has 0 aliphatic carbocycles. The zero-order chi connectivity index (χ0) is 10.7. The van der Waals surface area contributed by atoms with Crippen LogP contribution in [0.5, 0.6) is 0 Å². The lowest BCUT2D eigenvalue weighted by molar-refractivity contribution is -0.131. The van der Waals surface area contributed by atoms with E-state index >= 15 is 0 Å². The summed E-state index contributed by atoms with van der Waals surface area (Å²) in [4.78, 5) is 10.3. The Morgan fingerprint density at radius 3 is 2.79 bits per heavy atom. The maximum absolute atomic E-state index is 10.3. The molecule has 1 aromatic carbocycles. The van der Waals surface area contributed by atoms with Crippen molar-refractivity contribution in [2.75, 3.05) is 0 Å². The summed E-state index contributed by atoms with van der Waals surface area (Å²) in [7, 11) is 0.